The minimum absolute atomic E-state index is 0.272. The number of hydrogen-bond acceptors (Lipinski definition) is 2. The number of carboxylic acids is 1. The molecule has 0 saturated heterocycles. The number of benzene rings is 2. The lowest BCUT2D eigenvalue weighted by Crippen LogP contribution is -2.28. The van der Waals surface area contributed by atoms with Gasteiger partial charge in [-0.3, -0.25) is 0 Å². The van der Waals surface area contributed by atoms with Gasteiger partial charge in [-0.15, -0.1) is 0 Å². The van der Waals surface area contributed by atoms with Crippen LogP contribution in [0.3, 0.4) is 0 Å². The summed E-state index contributed by atoms with van der Waals surface area (Å²) in [7, 11) is 2.17. The largest absolute Gasteiger partial charge is 0.478 e. The molecule has 1 N–H and O–H groups in total. The minimum atomic E-state index is -0.885. The van der Waals surface area contributed by atoms with Crippen LogP contribution in [-0.2, 0) is 19.4 Å². The predicted molar refractivity (Wildman–Crippen MR) is 125 cm³/mol. The molecule has 5 rings (SSSR count). The molecular weight excluding hydrogens is 384 g/mol. The molecule has 0 amide bonds. The number of anilines is 1. The highest BCUT2D eigenvalue weighted by molar-refractivity contribution is 5.89. The van der Waals surface area contributed by atoms with E-state index in [0.29, 0.717) is 11.5 Å². The van der Waals surface area contributed by atoms with Crippen molar-refractivity contribution in [2.24, 2.45) is 11.3 Å². The molecular formula is C27H30N2O2. The van der Waals surface area contributed by atoms with E-state index in [0.717, 1.165) is 31.5 Å². The summed E-state index contributed by atoms with van der Waals surface area (Å²) >= 11 is 0. The van der Waals surface area contributed by atoms with E-state index in [1.165, 1.54) is 33.8 Å². The fraction of sp³-hybridized carbons (Fsp3) is 0.370. The van der Waals surface area contributed by atoms with E-state index in [1.807, 2.05) is 18.2 Å². The zero-order valence-corrected chi connectivity index (χ0v) is 18.8. The normalized spacial score (nSPS) is 17.7. The number of hydrogen-bond donors (Lipinski definition) is 1. The van der Waals surface area contributed by atoms with Crippen LogP contribution in [0.4, 0.5) is 5.69 Å². The van der Waals surface area contributed by atoms with Crippen molar-refractivity contribution in [3.05, 3.63) is 70.9 Å². The Morgan fingerprint density at radius 1 is 1.06 bits per heavy atom. The van der Waals surface area contributed by atoms with E-state index >= 15 is 0 Å². The molecule has 160 valence electrons. The van der Waals surface area contributed by atoms with Gasteiger partial charge in [0.1, 0.15) is 0 Å². The number of aromatic nitrogens is 1. The Labute approximate surface area is 184 Å². The Hall–Kier alpha value is -3.01. The maximum Gasteiger partial charge on any atom is 0.335 e. The molecule has 1 aliphatic heterocycles. The summed E-state index contributed by atoms with van der Waals surface area (Å²) in [6.45, 7) is 7.94. The number of para-hydroxylation sites is 1. The molecule has 0 radical (unpaired) electrons. The highest BCUT2D eigenvalue weighted by Gasteiger charge is 2.36. The average Bonchev–Trinajstić information content (AvgIpc) is 3.07. The van der Waals surface area contributed by atoms with E-state index in [9.17, 15) is 9.90 Å². The van der Waals surface area contributed by atoms with Gasteiger partial charge in [-0.25, -0.2) is 4.79 Å². The standard InChI is InChI=1S/C27H30N2O2/c1-27(2,3)18-12-13-24-21(15-18)22-16-28(4)23-11-6-5-10-20(23)25(22)29(24)19-9-7-8-17(14-19)26(30)31/h5-11,14,18H,12-13,15-16H2,1-4H3,(H,30,31). The van der Waals surface area contributed by atoms with Gasteiger partial charge in [0, 0.05) is 41.8 Å². The van der Waals surface area contributed by atoms with Gasteiger partial charge in [0.05, 0.1) is 11.3 Å². The van der Waals surface area contributed by atoms with Crippen LogP contribution in [0.15, 0.2) is 48.5 Å². The molecule has 0 fully saturated rings. The molecule has 31 heavy (non-hydrogen) atoms. The lowest BCUT2D eigenvalue weighted by atomic mass is 9.71. The van der Waals surface area contributed by atoms with Gasteiger partial charge in [0.25, 0.3) is 0 Å². The van der Waals surface area contributed by atoms with Crippen molar-refractivity contribution < 1.29 is 9.90 Å². The van der Waals surface area contributed by atoms with Crippen LogP contribution in [-0.4, -0.2) is 22.7 Å². The number of rotatable bonds is 2. The van der Waals surface area contributed by atoms with E-state index < -0.39 is 5.97 Å². The number of carboxylic acid groups (broad SMARTS) is 1. The van der Waals surface area contributed by atoms with Crippen LogP contribution in [0.25, 0.3) is 16.9 Å². The van der Waals surface area contributed by atoms with Crippen molar-refractivity contribution in [1.82, 2.24) is 4.57 Å². The summed E-state index contributed by atoms with van der Waals surface area (Å²) in [4.78, 5) is 14.0. The van der Waals surface area contributed by atoms with Crippen LogP contribution in [0.5, 0.6) is 0 Å². The van der Waals surface area contributed by atoms with Gasteiger partial charge in [-0.1, -0.05) is 45.0 Å². The Kier molecular flexibility index (Phi) is 4.51. The van der Waals surface area contributed by atoms with E-state index in [4.69, 9.17) is 0 Å². The molecule has 1 aromatic heterocycles. The van der Waals surface area contributed by atoms with Crippen LogP contribution < -0.4 is 4.90 Å². The highest BCUT2D eigenvalue weighted by Crippen LogP contribution is 2.48. The maximum absolute atomic E-state index is 11.7. The van der Waals surface area contributed by atoms with Gasteiger partial charge in [-0.05, 0) is 60.4 Å². The van der Waals surface area contributed by atoms with E-state index in [2.05, 4.69) is 61.6 Å². The predicted octanol–water partition coefficient (Wildman–Crippen LogP) is 5.94. The quantitative estimate of drug-likeness (QED) is 0.564. The number of aromatic carboxylic acids is 1. The lowest BCUT2D eigenvalue weighted by molar-refractivity contribution is 0.0697. The second kappa shape index (κ2) is 7.01. The summed E-state index contributed by atoms with van der Waals surface area (Å²) < 4.78 is 2.36. The van der Waals surface area contributed by atoms with Gasteiger partial charge in [0.2, 0.25) is 0 Å². The summed E-state index contributed by atoms with van der Waals surface area (Å²) in [5.74, 6) is -0.238. The second-order valence-electron chi connectivity index (χ2n) is 10.1. The molecule has 4 heteroatoms. The van der Waals surface area contributed by atoms with Gasteiger partial charge >= 0.3 is 5.97 Å². The minimum Gasteiger partial charge on any atom is -0.478 e. The Morgan fingerprint density at radius 3 is 2.58 bits per heavy atom. The fourth-order valence-corrected chi connectivity index (χ4v) is 5.47. The fourth-order valence-electron chi connectivity index (χ4n) is 5.47. The number of carbonyl (C=O) groups is 1. The zero-order chi connectivity index (χ0) is 21.9. The lowest BCUT2D eigenvalue weighted by Gasteiger charge is -2.35. The van der Waals surface area contributed by atoms with Crippen LogP contribution >= 0.6 is 0 Å². The first-order valence-electron chi connectivity index (χ1n) is 11.2. The van der Waals surface area contributed by atoms with Crippen molar-refractivity contribution in [2.45, 2.75) is 46.6 Å². The van der Waals surface area contributed by atoms with Crippen LogP contribution in [0.2, 0.25) is 0 Å². The van der Waals surface area contributed by atoms with Gasteiger partial charge < -0.3 is 14.6 Å². The molecule has 3 aromatic rings. The summed E-state index contributed by atoms with van der Waals surface area (Å²) in [5.41, 5.74) is 9.50. The monoisotopic (exact) mass is 414 g/mol. The SMILES string of the molecule is CN1Cc2c3c(n(-c4cccc(C(=O)O)c4)c2-c2ccccc21)CCC(C(C)(C)C)C3. The Bertz CT molecular complexity index is 1180. The summed E-state index contributed by atoms with van der Waals surface area (Å²) in [6.07, 6.45) is 3.27. The molecule has 2 aromatic carbocycles. The second-order valence-corrected chi connectivity index (χ2v) is 10.1. The molecule has 0 spiro atoms. The molecule has 1 aliphatic carbocycles. The molecule has 1 unspecified atom stereocenters. The molecule has 0 saturated carbocycles. The number of nitrogens with zero attached hydrogens (tertiary/aromatic N) is 2. The van der Waals surface area contributed by atoms with Crippen molar-refractivity contribution in [2.75, 3.05) is 11.9 Å². The Morgan fingerprint density at radius 2 is 1.84 bits per heavy atom. The van der Waals surface area contributed by atoms with Gasteiger partial charge in [-0.2, -0.15) is 0 Å². The van der Waals surface area contributed by atoms with Crippen molar-refractivity contribution in [3.8, 4) is 16.9 Å². The third kappa shape index (κ3) is 3.16. The molecule has 4 nitrogen and oxygen atoms in total. The van der Waals surface area contributed by atoms with E-state index in [-0.39, 0.29) is 5.41 Å². The van der Waals surface area contributed by atoms with Crippen molar-refractivity contribution >= 4 is 11.7 Å². The van der Waals surface area contributed by atoms with Crippen molar-refractivity contribution in [3.63, 3.8) is 0 Å². The van der Waals surface area contributed by atoms with Crippen molar-refractivity contribution in [1.29, 1.82) is 0 Å². The Balaban J connectivity index is 1.79. The van der Waals surface area contributed by atoms with E-state index in [1.54, 1.807) is 6.07 Å². The highest BCUT2D eigenvalue weighted by atomic mass is 16.4. The first kappa shape index (κ1) is 19.9. The molecule has 1 atom stereocenters. The van der Waals surface area contributed by atoms with Gasteiger partial charge in [0.15, 0.2) is 0 Å². The third-order valence-electron chi connectivity index (χ3n) is 7.21. The first-order valence-corrected chi connectivity index (χ1v) is 11.2. The summed E-state index contributed by atoms with van der Waals surface area (Å²) in [5, 5.41) is 9.58. The zero-order valence-electron chi connectivity index (χ0n) is 18.8. The molecule has 2 heterocycles. The average molecular weight is 415 g/mol. The topological polar surface area (TPSA) is 45.5 Å². The third-order valence-corrected chi connectivity index (χ3v) is 7.21. The molecule has 2 aliphatic rings. The molecule has 0 bridgehead atoms. The first-order chi connectivity index (χ1) is 14.8. The summed E-state index contributed by atoms with van der Waals surface area (Å²) in [6, 6.07) is 16.0. The van der Waals surface area contributed by atoms with Crippen LogP contribution in [0.1, 0.15) is 54.4 Å². The maximum atomic E-state index is 11.7. The number of fused-ring (bicyclic) bond motifs is 5. The smallest absolute Gasteiger partial charge is 0.335 e. The van der Waals surface area contributed by atoms with Crippen LogP contribution in [0, 0.1) is 11.3 Å².